The summed E-state index contributed by atoms with van der Waals surface area (Å²) in [6.07, 6.45) is 1.02. The van der Waals surface area contributed by atoms with Crippen molar-refractivity contribution < 1.29 is 0 Å². The van der Waals surface area contributed by atoms with E-state index in [-0.39, 0.29) is 0 Å². The molecule has 6 heteroatoms. The predicted molar refractivity (Wildman–Crippen MR) is 102 cm³/mol. The third kappa shape index (κ3) is 4.12. The summed E-state index contributed by atoms with van der Waals surface area (Å²) < 4.78 is 2.17. The third-order valence-corrected chi connectivity index (χ3v) is 5.05. The van der Waals surface area contributed by atoms with Crippen molar-refractivity contribution in [2.75, 3.05) is 0 Å². The summed E-state index contributed by atoms with van der Waals surface area (Å²) >= 11 is 13.7. The van der Waals surface area contributed by atoms with Crippen LogP contribution in [0, 0.1) is 0 Å². The Morgan fingerprint density at radius 2 is 1.79 bits per heavy atom. The molecule has 0 radical (unpaired) electrons. The third-order valence-electron chi connectivity index (χ3n) is 3.52. The fraction of sp³-hybridized carbons (Fsp3) is 0.222. The van der Waals surface area contributed by atoms with Gasteiger partial charge >= 0.3 is 0 Å². The summed E-state index contributed by atoms with van der Waals surface area (Å²) in [7, 11) is 0. The van der Waals surface area contributed by atoms with Crippen molar-refractivity contribution in [2.24, 2.45) is 0 Å². The molecule has 0 aliphatic rings. The molecule has 0 saturated carbocycles. The maximum absolute atomic E-state index is 6.05. The highest BCUT2D eigenvalue weighted by atomic mass is 35.5. The molecule has 0 amide bonds. The molecular weight excluding hydrogens is 361 g/mol. The molecule has 1 aromatic heterocycles. The van der Waals surface area contributed by atoms with Gasteiger partial charge in [-0.25, -0.2) is 0 Å². The van der Waals surface area contributed by atoms with Crippen LogP contribution in [0.4, 0.5) is 0 Å². The molecule has 0 spiro atoms. The lowest BCUT2D eigenvalue weighted by atomic mass is 10.2. The number of nitrogens with zero attached hydrogens (tertiary/aromatic N) is 3. The molecule has 0 fully saturated rings. The van der Waals surface area contributed by atoms with E-state index in [2.05, 4.69) is 27.8 Å². The Morgan fingerprint density at radius 1 is 1.00 bits per heavy atom. The molecule has 3 nitrogen and oxygen atoms in total. The average molecular weight is 378 g/mol. The zero-order valence-electron chi connectivity index (χ0n) is 13.2. The van der Waals surface area contributed by atoms with Gasteiger partial charge in [0, 0.05) is 27.9 Å². The summed E-state index contributed by atoms with van der Waals surface area (Å²) in [5.41, 5.74) is 2.20. The van der Waals surface area contributed by atoms with Gasteiger partial charge in [0.15, 0.2) is 11.0 Å². The quantitative estimate of drug-likeness (QED) is 0.496. The molecular formula is C18H17Cl2N3S. The monoisotopic (exact) mass is 377 g/mol. The topological polar surface area (TPSA) is 30.7 Å². The normalized spacial score (nSPS) is 11.0. The van der Waals surface area contributed by atoms with Gasteiger partial charge < -0.3 is 4.57 Å². The van der Waals surface area contributed by atoms with E-state index in [4.69, 9.17) is 23.2 Å². The van der Waals surface area contributed by atoms with Gasteiger partial charge in [-0.05, 0) is 48.4 Å². The highest BCUT2D eigenvalue weighted by Gasteiger charge is 2.14. The first-order chi connectivity index (χ1) is 11.7. The average Bonchev–Trinajstić information content (AvgIpc) is 2.97. The van der Waals surface area contributed by atoms with Gasteiger partial charge in [0.1, 0.15) is 0 Å². The van der Waals surface area contributed by atoms with E-state index < -0.39 is 0 Å². The van der Waals surface area contributed by atoms with E-state index in [1.165, 1.54) is 5.56 Å². The first kappa shape index (κ1) is 17.3. The summed E-state index contributed by atoms with van der Waals surface area (Å²) in [4.78, 5) is 0. The Labute approximate surface area is 156 Å². The van der Waals surface area contributed by atoms with Crippen LogP contribution in [0.25, 0.3) is 11.4 Å². The van der Waals surface area contributed by atoms with E-state index >= 15 is 0 Å². The smallest absolute Gasteiger partial charge is 0.191 e. The Morgan fingerprint density at radius 3 is 2.50 bits per heavy atom. The van der Waals surface area contributed by atoms with E-state index in [1.807, 2.05) is 42.5 Å². The van der Waals surface area contributed by atoms with E-state index in [0.29, 0.717) is 0 Å². The number of thioether (sulfide) groups is 1. The second-order valence-corrected chi connectivity index (χ2v) is 7.20. The zero-order valence-corrected chi connectivity index (χ0v) is 15.6. The van der Waals surface area contributed by atoms with Gasteiger partial charge in [-0.15, -0.1) is 10.2 Å². The number of hydrogen-bond donors (Lipinski definition) is 0. The van der Waals surface area contributed by atoms with Crippen LogP contribution in [0.1, 0.15) is 18.9 Å². The Kier molecular flexibility index (Phi) is 5.82. The van der Waals surface area contributed by atoms with Crippen LogP contribution in [0.3, 0.4) is 0 Å². The SMILES string of the molecule is CCCn1c(SCc2cccc(Cl)c2)nnc1-c1ccc(Cl)cc1. The van der Waals surface area contributed by atoms with Gasteiger partial charge in [-0.3, -0.25) is 0 Å². The van der Waals surface area contributed by atoms with Crippen molar-refractivity contribution in [1.29, 1.82) is 0 Å². The standard InChI is InChI=1S/C18H17Cl2N3S/c1-2-10-23-17(14-6-8-15(19)9-7-14)21-22-18(23)24-12-13-4-3-5-16(20)11-13/h3-9,11H,2,10,12H2,1H3. The summed E-state index contributed by atoms with van der Waals surface area (Å²) in [5, 5.41) is 11.2. The Hall–Kier alpha value is -1.49. The van der Waals surface area contributed by atoms with E-state index in [0.717, 1.165) is 45.3 Å². The van der Waals surface area contributed by atoms with Gasteiger partial charge in [0.2, 0.25) is 0 Å². The second-order valence-electron chi connectivity index (χ2n) is 5.38. The van der Waals surface area contributed by atoms with Gasteiger partial charge in [0.25, 0.3) is 0 Å². The fourth-order valence-electron chi connectivity index (χ4n) is 2.41. The minimum atomic E-state index is 0.718. The fourth-order valence-corrected chi connectivity index (χ4v) is 3.65. The highest BCUT2D eigenvalue weighted by molar-refractivity contribution is 7.98. The van der Waals surface area contributed by atoms with Crippen molar-refractivity contribution in [1.82, 2.24) is 14.8 Å². The van der Waals surface area contributed by atoms with Crippen LogP contribution < -0.4 is 0 Å². The lowest BCUT2D eigenvalue weighted by Crippen LogP contribution is -2.02. The molecule has 0 N–H and O–H groups in total. The van der Waals surface area contributed by atoms with Crippen molar-refractivity contribution in [3.8, 4) is 11.4 Å². The minimum absolute atomic E-state index is 0.718. The first-order valence-electron chi connectivity index (χ1n) is 7.73. The first-order valence-corrected chi connectivity index (χ1v) is 9.48. The van der Waals surface area contributed by atoms with Gasteiger partial charge in [-0.2, -0.15) is 0 Å². The highest BCUT2D eigenvalue weighted by Crippen LogP contribution is 2.28. The summed E-state index contributed by atoms with van der Waals surface area (Å²) in [6.45, 7) is 3.03. The molecule has 3 rings (SSSR count). The Balaban J connectivity index is 1.84. The number of benzene rings is 2. The number of halogens is 2. The number of hydrogen-bond acceptors (Lipinski definition) is 3. The Bertz CT molecular complexity index is 815. The lowest BCUT2D eigenvalue weighted by Gasteiger charge is -2.09. The van der Waals surface area contributed by atoms with Crippen molar-refractivity contribution >= 4 is 35.0 Å². The van der Waals surface area contributed by atoms with Crippen LogP contribution in [0.15, 0.2) is 53.7 Å². The van der Waals surface area contributed by atoms with Crippen molar-refractivity contribution in [2.45, 2.75) is 30.8 Å². The van der Waals surface area contributed by atoms with Crippen molar-refractivity contribution in [3.63, 3.8) is 0 Å². The molecule has 124 valence electrons. The molecule has 0 saturated heterocycles. The number of rotatable bonds is 6. The van der Waals surface area contributed by atoms with Crippen LogP contribution in [-0.2, 0) is 12.3 Å². The molecule has 3 aromatic rings. The van der Waals surface area contributed by atoms with Gasteiger partial charge in [-0.1, -0.05) is 54.0 Å². The molecule has 0 bridgehead atoms. The molecule has 0 unspecified atom stereocenters. The zero-order chi connectivity index (χ0) is 16.9. The molecule has 1 heterocycles. The van der Waals surface area contributed by atoms with Crippen LogP contribution >= 0.6 is 35.0 Å². The van der Waals surface area contributed by atoms with Crippen molar-refractivity contribution in [3.05, 3.63) is 64.1 Å². The molecule has 24 heavy (non-hydrogen) atoms. The predicted octanol–water partition coefficient (Wildman–Crippen LogP) is 5.95. The molecule has 0 aliphatic carbocycles. The van der Waals surface area contributed by atoms with Gasteiger partial charge in [0.05, 0.1) is 0 Å². The van der Waals surface area contributed by atoms with Crippen LogP contribution in [0.2, 0.25) is 10.0 Å². The lowest BCUT2D eigenvalue weighted by molar-refractivity contribution is 0.626. The van der Waals surface area contributed by atoms with Crippen LogP contribution in [-0.4, -0.2) is 14.8 Å². The van der Waals surface area contributed by atoms with E-state index in [9.17, 15) is 0 Å². The number of aromatic nitrogens is 3. The maximum Gasteiger partial charge on any atom is 0.191 e. The van der Waals surface area contributed by atoms with E-state index in [1.54, 1.807) is 11.8 Å². The largest absolute Gasteiger partial charge is 0.302 e. The molecule has 2 aromatic carbocycles. The minimum Gasteiger partial charge on any atom is -0.302 e. The van der Waals surface area contributed by atoms with Crippen LogP contribution in [0.5, 0.6) is 0 Å². The summed E-state index contributed by atoms with van der Waals surface area (Å²) in [6, 6.07) is 15.6. The molecule has 0 aliphatic heterocycles. The second kappa shape index (κ2) is 8.06. The maximum atomic E-state index is 6.05. The summed E-state index contributed by atoms with van der Waals surface area (Å²) in [5.74, 6) is 1.69. The molecule has 0 atom stereocenters.